The molecule has 3 aliphatic rings. The van der Waals surface area contributed by atoms with Crippen LogP contribution < -0.4 is 0 Å². The molecule has 4 rings (SSSR count). The number of carboxylic acids is 1. The lowest BCUT2D eigenvalue weighted by Crippen LogP contribution is -2.29. The lowest BCUT2D eigenvalue weighted by molar-refractivity contribution is -0.137. The normalized spacial score (nSPS) is 25.0. The van der Waals surface area contributed by atoms with Crippen LogP contribution in [0.25, 0.3) is 6.08 Å². The van der Waals surface area contributed by atoms with Gasteiger partial charge in [0.1, 0.15) is 4.32 Å². The van der Waals surface area contributed by atoms with E-state index in [1.807, 2.05) is 12.1 Å². The molecule has 0 aromatic heterocycles. The lowest BCUT2D eigenvalue weighted by Gasteiger charge is -2.22. The molecule has 2 heterocycles. The molecule has 0 bridgehead atoms. The Labute approximate surface area is 171 Å². The molecule has 27 heavy (non-hydrogen) atoms. The van der Waals surface area contributed by atoms with Gasteiger partial charge in [-0.3, -0.25) is 14.5 Å². The molecule has 1 amide bonds. The Morgan fingerprint density at radius 1 is 1.33 bits per heavy atom. The average Bonchev–Trinajstić information content (AvgIpc) is 3.17. The highest BCUT2D eigenvalue weighted by molar-refractivity contribution is 8.26. The van der Waals surface area contributed by atoms with Gasteiger partial charge in [0.15, 0.2) is 0 Å². The Balaban J connectivity index is 1.47. The van der Waals surface area contributed by atoms with E-state index in [9.17, 15) is 9.59 Å². The molecule has 138 valence electrons. The van der Waals surface area contributed by atoms with Crippen LogP contribution in [-0.4, -0.2) is 32.7 Å². The predicted octanol–water partition coefficient (Wildman–Crippen LogP) is 4.61. The van der Waals surface area contributed by atoms with Gasteiger partial charge in [-0.25, -0.2) is 0 Å². The summed E-state index contributed by atoms with van der Waals surface area (Å²) in [7, 11) is 0. The Morgan fingerprint density at radius 2 is 2.15 bits per heavy atom. The fourth-order valence-electron chi connectivity index (χ4n) is 3.40. The van der Waals surface area contributed by atoms with E-state index in [4.69, 9.17) is 17.3 Å². The first-order valence-electron chi connectivity index (χ1n) is 8.66. The van der Waals surface area contributed by atoms with Crippen LogP contribution in [0.15, 0.2) is 52.3 Å². The van der Waals surface area contributed by atoms with Gasteiger partial charge in [-0.05, 0) is 23.6 Å². The second-order valence-corrected chi connectivity index (χ2v) is 9.39. The maximum atomic E-state index is 12.6. The summed E-state index contributed by atoms with van der Waals surface area (Å²) in [6.45, 7) is 0.349. The van der Waals surface area contributed by atoms with Crippen LogP contribution in [0.2, 0.25) is 0 Å². The second kappa shape index (κ2) is 7.66. The number of carboxylic acid groups (broad SMARTS) is 1. The van der Waals surface area contributed by atoms with Gasteiger partial charge in [0.25, 0.3) is 5.91 Å². The molecule has 2 unspecified atom stereocenters. The largest absolute Gasteiger partial charge is 0.481 e. The van der Waals surface area contributed by atoms with Crippen LogP contribution >= 0.6 is 35.7 Å². The van der Waals surface area contributed by atoms with Crippen molar-refractivity contribution in [1.82, 2.24) is 4.90 Å². The highest BCUT2D eigenvalue weighted by Gasteiger charge is 2.35. The minimum absolute atomic E-state index is 0.0339. The average molecular weight is 416 g/mol. The molecule has 1 N–H and O–H groups in total. The molecular formula is C20H17NO3S3. The summed E-state index contributed by atoms with van der Waals surface area (Å²) in [6.07, 6.45) is 8.95. The van der Waals surface area contributed by atoms with Crippen LogP contribution in [0.1, 0.15) is 29.2 Å². The number of hydrogen-bond acceptors (Lipinski definition) is 5. The van der Waals surface area contributed by atoms with E-state index in [1.165, 1.54) is 27.8 Å². The number of aliphatic carboxylic acids is 1. The van der Waals surface area contributed by atoms with Crippen molar-refractivity contribution < 1.29 is 14.7 Å². The molecule has 0 radical (unpaired) electrons. The molecule has 0 saturated carbocycles. The van der Waals surface area contributed by atoms with Crippen molar-refractivity contribution in [2.75, 3.05) is 6.54 Å². The monoisotopic (exact) mass is 415 g/mol. The summed E-state index contributed by atoms with van der Waals surface area (Å²) in [5, 5.41) is 9.11. The zero-order valence-corrected chi connectivity index (χ0v) is 16.8. The zero-order chi connectivity index (χ0) is 19.0. The van der Waals surface area contributed by atoms with E-state index in [2.05, 4.69) is 36.4 Å². The molecule has 1 fully saturated rings. The van der Waals surface area contributed by atoms with Crippen molar-refractivity contribution >= 4 is 58.0 Å². The summed E-state index contributed by atoms with van der Waals surface area (Å²) in [5.74, 6) is -0.654. The molecule has 0 spiro atoms. The first-order chi connectivity index (χ1) is 13.0. The first-order valence-corrected chi connectivity index (χ1v) is 10.8. The highest BCUT2D eigenvalue weighted by atomic mass is 32.2. The van der Waals surface area contributed by atoms with Crippen LogP contribution in [0.4, 0.5) is 0 Å². The van der Waals surface area contributed by atoms with Gasteiger partial charge < -0.3 is 5.11 Å². The molecule has 4 nitrogen and oxygen atoms in total. The number of thioether (sulfide) groups is 2. The molecular weight excluding hydrogens is 398 g/mol. The minimum atomic E-state index is -0.862. The van der Waals surface area contributed by atoms with E-state index < -0.39 is 5.97 Å². The number of fused-ring (bicyclic) bond motifs is 3. The van der Waals surface area contributed by atoms with Crippen molar-refractivity contribution in [3.8, 4) is 0 Å². The summed E-state index contributed by atoms with van der Waals surface area (Å²) in [6, 6.07) is 8.41. The Kier molecular flexibility index (Phi) is 5.25. The number of carbonyl (C=O) groups is 2. The molecule has 7 heteroatoms. The molecule has 1 saturated heterocycles. The lowest BCUT2D eigenvalue weighted by atomic mass is 9.89. The quantitative estimate of drug-likeness (QED) is 0.560. The van der Waals surface area contributed by atoms with Crippen molar-refractivity contribution in [3.63, 3.8) is 0 Å². The fraction of sp³-hybridized carbons (Fsp3) is 0.250. The topological polar surface area (TPSA) is 57.6 Å². The SMILES string of the molecule is O=C(O)CCCN1C(=O)C(=CC2=CC3C=Cc4ccccc4C3S2)SC1=S. The van der Waals surface area contributed by atoms with Crippen molar-refractivity contribution in [2.24, 2.45) is 5.92 Å². The van der Waals surface area contributed by atoms with E-state index in [1.54, 1.807) is 11.8 Å². The van der Waals surface area contributed by atoms with Crippen molar-refractivity contribution in [3.05, 3.63) is 63.4 Å². The van der Waals surface area contributed by atoms with Crippen LogP contribution in [0.5, 0.6) is 0 Å². The van der Waals surface area contributed by atoms with Gasteiger partial charge in [-0.2, -0.15) is 0 Å². The fourth-order valence-corrected chi connectivity index (χ4v) is 6.15. The Hall–Kier alpha value is -1.83. The molecule has 2 aliphatic heterocycles. The highest BCUT2D eigenvalue weighted by Crippen LogP contribution is 2.52. The maximum Gasteiger partial charge on any atom is 0.303 e. The summed E-state index contributed by atoms with van der Waals surface area (Å²) in [5.41, 5.74) is 2.58. The van der Waals surface area contributed by atoms with Gasteiger partial charge in [0.05, 0.1) is 4.91 Å². The number of hydrogen-bond donors (Lipinski definition) is 1. The smallest absolute Gasteiger partial charge is 0.303 e. The van der Waals surface area contributed by atoms with Gasteiger partial charge in [0.2, 0.25) is 0 Å². The third-order valence-electron chi connectivity index (χ3n) is 4.69. The number of allylic oxidation sites excluding steroid dienone is 3. The Bertz CT molecular complexity index is 919. The number of carbonyl (C=O) groups excluding carboxylic acids is 1. The summed E-state index contributed by atoms with van der Waals surface area (Å²) >= 11 is 8.39. The first kappa shape index (κ1) is 18.5. The van der Waals surface area contributed by atoms with Gasteiger partial charge in [0, 0.05) is 29.0 Å². The molecule has 1 aliphatic carbocycles. The predicted molar refractivity (Wildman–Crippen MR) is 114 cm³/mol. The zero-order valence-electron chi connectivity index (χ0n) is 14.3. The number of nitrogens with zero attached hydrogens (tertiary/aromatic N) is 1. The minimum Gasteiger partial charge on any atom is -0.481 e. The number of amides is 1. The van der Waals surface area contributed by atoms with E-state index in [0.29, 0.717) is 33.4 Å². The Morgan fingerprint density at radius 3 is 2.96 bits per heavy atom. The van der Waals surface area contributed by atoms with Crippen molar-refractivity contribution in [2.45, 2.75) is 18.1 Å². The van der Waals surface area contributed by atoms with Crippen LogP contribution in [0.3, 0.4) is 0 Å². The van der Waals surface area contributed by atoms with E-state index in [-0.39, 0.29) is 12.3 Å². The standard InChI is InChI=1S/C20H17NO3S3/c22-17(23)6-3-9-21-19(24)16(27-20(21)25)11-14-10-13-8-7-12-4-1-2-5-15(12)18(13)26-14/h1-2,4-5,7-8,10-11,13,18H,3,6,9H2,(H,22,23). The van der Waals surface area contributed by atoms with Crippen LogP contribution in [0, 0.1) is 5.92 Å². The van der Waals surface area contributed by atoms with Gasteiger partial charge in [-0.1, -0.05) is 66.5 Å². The second-order valence-electron chi connectivity index (χ2n) is 6.50. The van der Waals surface area contributed by atoms with E-state index in [0.717, 1.165) is 4.91 Å². The van der Waals surface area contributed by atoms with Crippen molar-refractivity contribution in [1.29, 1.82) is 0 Å². The summed E-state index contributed by atoms with van der Waals surface area (Å²) < 4.78 is 0.503. The van der Waals surface area contributed by atoms with E-state index >= 15 is 0 Å². The van der Waals surface area contributed by atoms with Crippen LogP contribution in [-0.2, 0) is 9.59 Å². The van der Waals surface area contributed by atoms with Gasteiger partial charge in [-0.15, -0.1) is 11.8 Å². The third-order valence-corrected chi connectivity index (χ3v) is 7.42. The number of thiocarbonyl (C=S) groups is 1. The molecule has 1 aromatic carbocycles. The summed E-state index contributed by atoms with van der Waals surface area (Å²) in [4.78, 5) is 26.5. The molecule has 2 atom stereocenters. The third kappa shape index (κ3) is 3.77. The van der Waals surface area contributed by atoms with Gasteiger partial charge >= 0.3 is 5.97 Å². The number of benzene rings is 1. The maximum absolute atomic E-state index is 12.6. The number of rotatable bonds is 5. The molecule has 1 aromatic rings.